The predicted molar refractivity (Wildman–Crippen MR) is 78.6 cm³/mol. The Balaban J connectivity index is 1.78. The zero-order valence-electron chi connectivity index (χ0n) is 11.0. The standard InChI is InChI=1S/C13H12N4O3S/c18-12(8-2-1-3-9(6-8)17(19)20)16-13-15-10-4-5-14-7-11(10)21-13/h1-3,6,14H,4-5,7H2,(H,15,16,18). The first-order valence-electron chi connectivity index (χ1n) is 6.38. The van der Waals surface area contributed by atoms with Crippen LogP contribution in [-0.2, 0) is 13.0 Å². The minimum Gasteiger partial charge on any atom is -0.311 e. The molecule has 21 heavy (non-hydrogen) atoms. The number of rotatable bonds is 3. The van der Waals surface area contributed by atoms with Crippen molar-refractivity contribution in [1.29, 1.82) is 0 Å². The van der Waals surface area contributed by atoms with Crippen LogP contribution in [0.15, 0.2) is 24.3 Å². The predicted octanol–water partition coefficient (Wildman–Crippen LogP) is 1.95. The van der Waals surface area contributed by atoms with E-state index in [1.807, 2.05) is 0 Å². The molecule has 3 rings (SSSR count). The summed E-state index contributed by atoms with van der Waals surface area (Å²) in [5.41, 5.74) is 1.15. The van der Waals surface area contributed by atoms with Crippen LogP contribution in [0.5, 0.6) is 0 Å². The van der Waals surface area contributed by atoms with Crippen molar-refractivity contribution in [3.05, 3.63) is 50.5 Å². The van der Waals surface area contributed by atoms with E-state index in [0.717, 1.165) is 30.1 Å². The monoisotopic (exact) mass is 304 g/mol. The minimum atomic E-state index is -0.523. The largest absolute Gasteiger partial charge is 0.311 e. The van der Waals surface area contributed by atoms with E-state index in [4.69, 9.17) is 0 Å². The summed E-state index contributed by atoms with van der Waals surface area (Å²) in [6.45, 7) is 1.65. The van der Waals surface area contributed by atoms with Crippen LogP contribution in [0.3, 0.4) is 0 Å². The highest BCUT2D eigenvalue weighted by molar-refractivity contribution is 7.15. The molecule has 1 aliphatic heterocycles. The molecule has 0 fully saturated rings. The summed E-state index contributed by atoms with van der Waals surface area (Å²) < 4.78 is 0. The van der Waals surface area contributed by atoms with Gasteiger partial charge in [-0.2, -0.15) is 0 Å². The van der Waals surface area contributed by atoms with Crippen molar-refractivity contribution >= 4 is 28.1 Å². The second-order valence-corrected chi connectivity index (χ2v) is 5.66. The average molecular weight is 304 g/mol. The first-order chi connectivity index (χ1) is 10.1. The summed E-state index contributed by atoms with van der Waals surface area (Å²) in [4.78, 5) is 27.8. The fourth-order valence-corrected chi connectivity index (χ4v) is 3.08. The van der Waals surface area contributed by atoms with Crippen molar-refractivity contribution in [2.24, 2.45) is 0 Å². The molecule has 2 N–H and O–H groups in total. The lowest BCUT2D eigenvalue weighted by Gasteiger charge is -2.09. The van der Waals surface area contributed by atoms with Crippen molar-refractivity contribution in [2.75, 3.05) is 11.9 Å². The Morgan fingerprint density at radius 3 is 3.10 bits per heavy atom. The molecule has 1 aromatic carbocycles. The van der Waals surface area contributed by atoms with Crippen LogP contribution in [0.2, 0.25) is 0 Å². The van der Waals surface area contributed by atoms with Crippen molar-refractivity contribution in [2.45, 2.75) is 13.0 Å². The number of carbonyl (C=O) groups is 1. The molecule has 0 atom stereocenters. The first kappa shape index (κ1) is 13.7. The number of non-ortho nitro benzene ring substituents is 1. The molecular weight excluding hydrogens is 292 g/mol. The fourth-order valence-electron chi connectivity index (χ4n) is 2.11. The summed E-state index contributed by atoms with van der Waals surface area (Å²) in [7, 11) is 0. The van der Waals surface area contributed by atoms with Crippen LogP contribution < -0.4 is 10.6 Å². The number of anilines is 1. The van der Waals surface area contributed by atoms with Gasteiger partial charge in [0.05, 0.1) is 10.6 Å². The van der Waals surface area contributed by atoms with Gasteiger partial charge in [-0.25, -0.2) is 4.98 Å². The molecule has 0 bridgehead atoms. The maximum Gasteiger partial charge on any atom is 0.270 e. The number of aromatic nitrogens is 1. The highest BCUT2D eigenvalue weighted by Crippen LogP contribution is 2.26. The summed E-state index contributed by atoms with van der Waals surface area (Å²) in [6.07, 6.45) is 0.846. The smallest absolute Gasteiger partial charge is 0.270 e. The zero-order chi connectivity index (χ0) is 14.8. The number of nitrogens with one attached hydrogen (secondary N) is 2. The number of amides is 1. The number of carbonyl (C=O) groups excluding carboxylic acids is 1. The molecule has 0 saturated carbocycles. The third-order valence-electron chi connectivity index (χ3n) is 3.14. The number of nitro groups is 1. The van der Waals surface area contributed by atoms with Crippen LogP contribution >= 0.6 is 11.3 Å². The summed E-state index contributed by atoms with van der Waals surface area (Å²) in [6, 6.07) is 5.64. The van der Waals surface area contributed by atoms with Crippen LogP contribution in [0.4, 0.5) is 10.8 Å². The minimum absolute atomic E-state index is 0.106. The molecule has 1 aliphatic rings. The van der Waals surface area contributed by atoms with Crippen molar-refractivity contribution in [3.63, 3.8) is 0 Å². The van der Waals surface area contributed by atoms with E-state index in [9.17, 15) is 14.9 Å². The lowest BCUT2D eigenvalue weighted by atomic mass is 10.2. The van der Waals surface area contributed by atoms with Gasteiger partial charge in [0.1, 0.15) is 0 Å². The van der Waals surface area contributed by atoms with E-state index >= 15 is 0 Å². The Morgan fingerprint density at radius 2 is 2.33 bits per heavy atom. The number of thiazole rings is 1. The summed E-state index contributed by atoms with van der Waals surface area (Å²) >= 11 is 1.43. The van der Waals surface area contributed by atoms with Gasteiger partial charge in [-0.05, 0) is 6.07 Å². The number of hydrogen-bond donors (Lipinski definition) is 2. The van der Waals surface area contributed by atoms with Gasteiger partial charge in [-0.15, -0.1) is 11.3 Å². The molecule has 0 unspecified atom stereocenters. The number of nitro benzene ring substituents is 1. The Labute approximate surface area is 124 Å². The third-order valence-corrected chi connectivity index (χ3v) is 4.16. The van der Waals surface area contributed by atoms with Gasteiger partial charge in [0, 0.05) is 42.1 Å². The number of nitrogens with zero attached hydrogens (tertiary/aromatic N) is 2. The van der Waals surface area contributed by atoms with E-state index in [2.05, 4.69) is 15.6 Å². The van der Waals surface area contributed by atoms with Gasteiger partial charge < -0.3 is 5.32 Å². The molecule has 108 valence electrons. The maximum atomic E-state index is 12.1. The first-order valence-corrected chi connectivity index (χ1v) is 7.20. The van der Waals surface area contributed by atoms with Gasteiger partial charge >= 0.3 is 0 Å². The molecule has 0 saturated heterocycles. The number of fused-ring (bicyclic) bond motifs is 1. The third kappa shape index (κ3) is 2.91. The van der Waals surface area contributed by atoms with E-state index in [1.54, 1.807) is 0 Å². The fraction of sp³-hybridized carbons (Fsp3) is 0.231. The molecule has 2 heterocycles. The second-order valence-electron chi connectivity index (χ2n) is 4.58. The van der Waals surface area contributed by atoms with E-state index in [0.29, 0.717) is 5.13 Å². The normalized spacial score (nSPS) is 13.5. The SMILES string of the molecule is O=C(Nc1nc2c(s1)CNCC2)c1cccc([N+](=O)[O-])c1. The quantitative estimate of drug-likeness (QED) is 0.667. The molecule has 7 nitrogen and oxygen atoms in total. The highest BCUT2D eigenvalue weighted by Gasteiger charge is 2.17. The van der Waals surface area contributed by atoms with Crippen molar-refractivity contribution < 1.29 is 9.72 Å². The van der Waals surface area contributed by atoms with Crippen LogP contribution in [-0.4, -0.2) is 22.4 Å². The van der Waals surface area contributed by atoms with E-state index in [-0.39, 0.29) is 11.3 Å². The Bertz CT molecular complexity index is 690. The zero-order valence-corrected chi connectivity index (χ0v) is 11.8. The summed E-state index contributed by atoms with van der Waals surface area (Å²) in [5.74, 6) is -0.391. The van der Waals surface area contributed by atoms with Crippen molar-refractivity contribution in [3.8, 4) is 0 Å². The molecule has 1 aromatic heterocycles. The number of hydrogen-bond acceptors (Lipinski definition) is 6. The van der Waals surface area contributed by atoms with Gasteiger partial charge in [0.25, 0.3) is 11.6 Å². The van der Waals surface area contributed by atoms with E-state index < -0.39 is 10.8 Å². The molecule has 8 heteroatoms. The lowest BCUT2D eigenvalue weighted by molar-refractivity contribution is -0.384. The van der Waals surface area contributed by atoms with Gasteiger partial charge in [-0.1, -0.05) is 6.07 Å². The van der Waals surface area contributed by atoms with Crippen molar-refractivity contribution in [1.82, 2.24) is 10.3 Å². The van der Waals surface area contributed by atoms with Crippen LogP contribution in [0.1, 0.15) is 20.9 Å². The molecule has 1 amide bonds. The van der Waals surface area contributed by atoms with Gasteiger partial charge in [-0.3, -0.25) is 20.2 Å². The second kappa shape index (κ2) is 5.58. The van der Waals surface area contributed by atoms with E-state index in [1.165, 1.54) is 35.6 Å². The highest BCUT2D eigenvalue weighted by atomic mass is 32.1. The Kier molecular flexibility index (Phi) is 3.63. The van der Waals surface area contributed by atoms with Crippen LogP contribution in [0, 0.1) is 10.1 Å². The average Bonchev–Trinajstić information content (AvgIpc) is 2.89. The molecule has 0 radical (unpaired) electrons. The Hall–Kier alpha value is -2.32. The van der Waals surface area contributed by atoms with Gasteiger partial charge in [0.2, 0.25) is 0 Å². The van der Waals surface area contributed by atoms with Gasteiger partial charge in [0.15, 0.2) is 5.13 Å². The number of benzene rings is 1. The summed E-state index contributed by atoms with van der Waals surface area (Å²) in [5, 5.41) is 17.2. The topological polar surface area (TPSA) is 97.2 Å². The molecule has 0 aliphatic carbocycles. The maximum absolute atomic E-state index is 12.1. The Morgan fingerprint density at radius 1 is 1.48 bits per heavy atom. The molecular formula is C13H12N4O3S. The van der Waals surface area contributed by atoms with Crippen LogP contribution in [0.25, 0.3) is 0 Å². The molecule has 0 spiro atoms. The lowest BCUT2D eigenvalue weighted by Crippen LogP contribution is -2.22. The molecule has 2 aromatic rings.